The highest BCUT2D eigenvalue weighted by molar-refractivity contribution is 5.06. The van der Waals surface area contributed by atoms with Crippen LogP contribution in [0.1, 0.15) is 26.7 Å². The van der Waals surface area contributed by atoms with Gasteiger partial charge in [0.2, 0.25) is 0 Å². The lowest BCUT2D eigenvalue weighted by atomic mass is 10.1. The molecule has 0 N–H and O–H groups in total. The third kappa shape index (κ3) is 0.683. The molecule has 2 rings (SSSR count). The highest BCUT2D eigenvalue weighted by Gasteiger charge is 2.25. The Morgan fingerprint density at radius 1 is 1.00 bits per heavy atom. The first-order chi connectivity index (χ1) is 3.45. The van der Waals surface area contributed by atoms with E-state index in [1.807, 2.05) is 0 Å². The summed E-state index contributed by atoms with van der Waals surface area (Å²) in [5.74, 6) is 1.98. The Hall–Kier alpha value is -0.260. The molecule has 0 heteroatoms. The van der Waals surface area contributed by atoms with Crippen LogP contribution >= 0.6 is 0 Å². The normalized spacial score (nSPS) is 40.0. The maximum absolute atomic E-state index is 2.38. The van der Waals surface area contributed by atoms with Gasteiger partial charge in [-0.3, -0.25) is 0 Å². The first-order valence-corrected chi connectivity index (χ1v) is 3.13. The number of hydrogen-bond donors (Lipinski definition) is 0. The molecule has 0 aliphatic heterocycles. The van der Waals surface area contributed by atoms with Crippen LogP contribution < -0.4 is 0 Å². The van der Waals surface area contributed by atoms with Crippen LogP contribution in [0.3, 0.4) is 0 Å². The molecular weight excluding hydrogens is 96.1 g/mol. The molecule has 2 unspecified atom stereocenters. The summed E-state index contributed by atoms with van der Waals surface area (Å²) in [6.45, 7) is 0. The van der Waals surface area contributed by atoms with Crippen LogP contribution in [0.25, 0.3) is 0 Å². The van der Waals surface area contributed by atoms with Crippen LogP contribution in [-0.4, -0.2) is 0 Å². The van der Waals surface area contributed by atoms with E-state index < -0.39 is 0 Å². The molecule has 0 nitrogen and oxygen atoms in total. The Morgan fingerprint density at radius 3 is 1.62 bits per heavy atom. The fourth-order valence-electron chi connectivity index (χ4n) is 1.72. The van der Waals surface area contributed by atoms with Crippen LogP contribution in [0.2, 0.25) is 0 Å². The maximum atomic E-state index is 2.38. The van der Waals surface area contributed by atoms with E-state index in [9.17, 15) is 0 Å². The van der Waals surface area contributed by atoms with E-state index in [1.54, 1.807) is 0 Å². The Kier molecular flexibility index (Phi) is 1.41. The SMILES string of the molecule is C.C1=CC2CCC1C2. The Labute approximate surface area is 51.6 Å². The smallest absolute Gasteiger partial charge is 0.0228 e. The van der Waals surface area contributed by atoms with Gasteiger partial charge in [0.05, 0.1) is 0 Å². The summed E-state index contributed by atoms with van der Waals surface area (Å²) < 4.78 is 0. The van der Waals surface area contributed by atoms with Crippen molar-refractivity contribution in [3.05, 3.63) is 12.2 Å². The summed E-state index contributed by atoms with van der Waals surface area (Å²) in [5, 5.41) is 0. The van der Waals surface area contributed by atoms with E-state index in [2.05, 4.69) is 12.2 Å². The third-order valence-electron chi connectivity index (χ3n) is 2.17. The minimum Gasteiger partial charge on any atom is -0.0851 e. The van der Waals surface area contributed by atoms with Crippen molar-refractivity contribution in [1.29, 1.82) is 0 Å². The molecule has 46 valence electrons. The van der Waals surface area contributed by atoms with Gasteiger partial charge in [-0.15, -0.1) is 0 Å². The highest BCUT2D eigenvalue weighted by Crippen LogP contribution is 2.38. The van der Waals surface area contributed by atoms with Gasteiger partial charge >= 0.3 is 0 Å². The standard InChI is InChI=1S/C7H10.CH4/c1-2-7-4-3-6(1)5-7;/h1-2,6-7H,3-5H2;1H4. The molecule has 0 aromatic carbocycles. The summed E-state index contributed by atoms with van der Waals surface area (Å²) in [6, 6.07) is 0. The highest BCUT2D eigenvalue weighted by atomic mass is 14.3. The monoisotopic (exact) mass is 110 g/mol. The van der Waals surface area contributed by atoms with Gasteiger partial charge in [0.1, 0.15) is 0 Å². The van der Waals surface area contributed by atoms with Gasteiger partial charge in [-0.05, 0) is 31.1 Å². The molecule has 0 saturated heterocycles. The van der Waals surface area contributed by atoms with Crippen molar-refractivity contribution < 1.29 is 0 Å². The van der Waals surface area contributed by atoms with Crippen molar-refractivity contribution in [2.24, 2.45) is 11.8 Å². The maximum Gasteiger partial charge on any atom is -0.0228 e. The second-order valence-corrected chi connectivity index (χ2v) is 2.72. The van der Waals surface area contributed by atoms with E-state index in [0.29, 0.717) is 0 Å². The molecule has 2 aliphatic rings. The first-order valence-electron chi connectivity index (χ1n) is 3.13. The van der Waals surface area contributed by atoms with Crippen molar-refractivity contribution in [3.8, 4) is 0 Å². The van der Waals surface area contributed by atoms with E-state index in [4.69, 9.17) is 0 Å². The quantitative estimate of drug-likeness (QED) is 0.420. The number of allylic oxidation sites excluding steroid dienone is 2. The van der Waals surface area contributed by atoms with Gasteiger partial charge in [-0.25, -0.2) is 0 Å². The third-order valence-corrected chi connectivity index (χ3v) is 2.17. The minimum atomic E-state index is 0. The molecule has 0 radical (unpaired) electrons. The molecule has 0 aromatic heterocycles. The lowest BCUT2D eigenvalue weighted by molar-refractivity contribution is 0.691. The van der Waals surface area contributed by atoms with Crippen molar-refractivity contribution in [3.63, 3.8) is 0 Å². The van der Waals surface area contributed by atoms with E-state index in [0.717, 1.165) is 11.8 Å². The van der Waals surface area contributed by atoms with Crippen LogP contribution in [0.5, 0.6) is 0 Å². The molecule has 2 bridgehead atoms. The van der Waals surface area contributed by atoms with E-state index in [-0.39, 0.29) is 7.43 Å². The lowest BCUT2D eigenvalue weighted by Gasteiger charge is -1.96. The predicted molar refractivity (Wildman–Crippen MR) is 36.7 cm³/mol. The van der Waals surface area contributed by atoms with Gasteiger partial charge < -0.3 is 0 Å². The average molecular weight is 110 g/mol. The molecule has 1 fully saturated rings. The number of rotatable bonds is 0. The summed E-state index contributed by atoms with van der Waals surface area (Å²) in [7, 11) is 0. The van der Waals surface area contributed by atoms with Gasteiger partial charge in [-0.2, -0.15) is 0 Å². The average Bonchev–Trinajstić information content (AvgIpc) is 2.22. The summed E-state index contributed by atoms with van der Waals surface area (Å²) in [6.07, 6.45) is 9.19. The molecule has 0 aromatic rings. The van der Waals surface area contributed by atoms with Crippen molar-refractivity contribution in [2.75, 3.05) is 0 Å². The molecule has 0 spiro atoms. The van der Waals surface area contributed by atoms with E-state index in [1.165, 1.54) is 19.3 Å². The first kappa shape index (κ1) is 5.87. The Morgan fingerprint density at radius 2 is 1.50 bits per heavy atom. The topological polar surface area (TPSA) is 0 Å². The lowest BCUT2D eigenvalue weighted by Crippen LogP contribution is -1.82. The van der Waals surface area contributed by atoms with Crippen LogP contribution in [0, 0.1) is 11.8 Å². The summed E-state index contributed by atoms with van der Waals surface area (Å²) in [4.78, 5) is 0. The zero-order chi connectivity index (χ0) is 4.69. The second kappa shape index (κ2) is 1.93. The Bertz CT molecular complexity index is 90.6. The molecule has 2 aliphatic carbocycles. The van der Waals surface area contributed by atoms with Gasteiger partial charge in [0.15, 0.2) is 0 Å². The largest absolute Gasteiger partial charge is 0.0851 e. The van der Waals surface area contributed by atoms with Crippen molar-refractivity contribution >= 4 is 0 Å². The van der Waals surface area contributed by atoms with Crippen LogP contribution in [0.15, 0.2) is 12.2 Å². The van der Waals surface area contributed by atoms with E-state index >= 15 is 0 Å². The molecule has 1 saturated carbocycles. The fraction of sp³-hybridized carbons (Fsp3) is 0.750. The number of hydrogen-bond acceptors (Lipinski definition) is 0. The van der Waals surface area contributed by atoms with Gasteiger partial charge in [-0.1, -0.05) is 19.6 Å². The van der Waals surface area contributed by atoms with Crippen molar-refractivity contribution in [2.45, 2.75) is 26.7 Å². The van der Waals surface area contributed by atoms with Crippen LogP contribution in [0.4, 0.5) is 0 Å². The zero-order valence-corrected chi connectivity index (χ0v) is 4.43. The summed E-state index contributed by atoms with van der Waals surface area (Å²) >= 11 is 0. The van der Waals surface area contributed by atoms with Crippen molar-refractivity contribution in [1.82, 2.24) is 0 Å². The fourth-order valence-corrected chi connectivity index (χ4v) is 1.72. The number of fused-ring (bicyclic) bond motifs is 2. The molecular formula is C8H14. The molecule has 0 heterocycles. The predicted octanol–water partition coefficient (Wildman–Crippen LogP) is 2.61. The van der Waals surface area contributed by atoms with Gasteiger partial charge in [0.25, 0.3) is 0 Å². The van der Waals surface area contributed by atoms with Crippen LogP contribution in [-0.2, 0) is 0 Å². The minimum absolute atomic E-state index is 0. The van der Waals surface area contributed by atoms with Gasteiger partial charge in [0, 0.05) is 0 Å². The zero-order valence-electron chi connectivity index (χ0n) is 4.43. The second-order valence-electron chi connectivity index (χ2n) is 2.72. The molecule has 8 heavy (non-hydrogen) atoms. The molecule has 0 amide bonds. The Balaban J connectivity index is 0.000000320. The summed E-state index contributed by atoms with van der Waals surface area (Å²) in [5.41, 5.74) is 0. The molecule has 2 atom stereocenters.